The van der Waals surface area contributed by atoms with Crippen LogP contribution in [0.2, 0.25) is 0 Å². The van der Waals surface area contributed by atoms with Gasteiger partial charge in [0.05, 0.1) is 6.04 Å². The fraction of sp³-hybridized carbons (Fsp3) is 0.471. The third-order valence-electron chi connectivity index (χ3n) is 3.26. The Kier molecular flexibility index (Phi) is 7.74. The SMILES string of the molecule is CCC(=O)NC[C@H](CC(=O)NC(C)C)NC(=O)c1ccc(N)cc1. The Labute approximate surface area is 142 Å². The van der Waals surface area contributed by atoms with E-state index in [9.17, 15) is 14.4 Å². The summed E-state index contributed by atoms with van der Waals surface area (Å²) in [6, 6.07) is 6.00. The van der Waals surface area contributed by atoms with E-state index in [0.29, 0.717) is 17.7 Å². The number of benzene rings is 1. The van der Waals surface area contributed by atoms with Crippen LogP contribution in [0.4, 0.5) is 5.69 Å². The number of amides is 3. The number of carbonyl (C=O) groups excluding carboxylic acids is 3. The number of hydrogen-bond acceptors (Lipinski definition) is 4. The van der Waals surface area contributed by atoms with E-state index in [4.69, 9.17) is 5.73 Å². The fourth-order valence-electron chi connectivity index (χ4n) is 2.04. The van der Waals surface area contributed by atoms with Gasteiger partial charge in [-0.1, -0.05) is 6.92 Å². The normalized spacial score (nSPS) is 11.7. The molecule has 0 fully saturated rings. The number of anilines is 1. The number of nitrogen functional groups attached to an aromatic ring is 1. The molecular formula is C17H26N4O3. The van der Waals surface area contributed by atoms with Gasteiger partial charge in [-0.25, -0.2) is 0 Å². The van der Waals surface area contributed by atoms with Gasteiger partial charge in [-0.3, -0.25) is 14.4 Å². The highest BCUT2D eigenvalue weighted by Crippen LogP contribution is 2.06. The summed E-state index contributed by atoms with van der Waals surface area (Å²) in [6.07, 6.45) is 0.430. The maximum absolute atomic E-state index is 12.3. The van der Waals surface area contributed by atoms with Gasteiger partial charge in [0.25, 0.3) is 5.91 Å². The minimum atomic E-state index is -0.496. The predicted octanol–water partition coefficient (Wildman–Crippen LogP) is 0.808. The van der Waals surface area contributed by atoms with Crippen LogP contribution in [0.1, 0.15) is 44.0 Å². The Balaban J connectivity index is 2.71. The highest BCUT2D eigenvalue weighted by molar-refractivity contribution is 5.95. The molecule has 0 aliphatic rings. The molecular weight excluding hydrogens is 308 g/mol. The second kappa shape index (κ2) is 9.54. The van der Waals surface area contributed by atoms with E-state index < -0.39 is 6.04 Å². The van der Waals surface area contributed by atoms with Crippen molar-refractivity contribution in [2.75, 3.05) is 12.3 Å². The second-order valence-corrected chi connectivity index (χ2v) is 5.88. The molecule has 0 radical (unpaired) electrons. The number of rotatable bonds is 8. The highest BCUT2D eigenvalue weighted by atomic mass is 16.2. The van der Waals surface area contributed by atoms with Crippen molar-refractivity contribution in [3.8, 4) is 0 Å². The molecule has 5 N–H and O–H groups in total. The van der Waals surface area contributed by atoms with Crippen LogP contribution < -0.4 is 21.7 Å². The number of hydrogen-bond donors (Lipinski definition) is 4. The molecule has 0 aliphatic carbocycles. The number of carbonyl (C=O) groups is 3. The molecule has 0 saturated heterocycles. The molecule has 1 aromatic carbocycles. The van der Waals surface area contributed by atoms with Crippen LogP contribution in [-0.2, 0) is 9.59 Å². The van der Waals surface area contributed by atoms with Crippen molar-refractivity contribution in [2.24, 2.45) is 0 Å². The Morgan fingerprint density at radius 3 is 2.21 bits per heavy atom. The van der Waals surface area contributed by atoms with E-state index in [1.54, 1.807) is 31.2 Å². The van der Waals surface area contributed by atoms with Gasteiger partial charge in [0.2, 0.25) is 11.8 Å². The summed E-state index contributed by atoms with van der Waals surface area (Å²) in [7, 11) is 0. The van der Waals surface area contributed by atoms with Crippen LogP contribution in [0.25, 0.3) is 0 Å². The minimum absolute atomic E-state index is 0.0104. The third-order valence-corrected chi connectivity index (χ3v) is 3.26. The van der Waals surface area contributed by atoms with Crippen molar-refractivity contribution in [3.63, 3.8) is 0 Å². The molecule has 1 atom stereocenters. The summed E-state index contributed by atoms with van der Waals surface area (Å²) in [6.45, 7) is 5.65. The van der Waals surface area contributed by atoms with Crippen LogP contribution in [0.3, 0.4) is 0 Å². The van der Waals surface area contributed by atoms with E-state index in [0.717, 1.165) is 0 Å². The van der Waals surface area contributed by atoms with Gasteiger partial charge in [0, 0.05) is 36.7 Å². The molecule has 7 nitrogen and oxygen atoms in total. The molecule has 0 unspecified atom stereocenters. The Bertz CT molecular complexity index is 570. The Morgan fingerprint density at radius 2 is 1.67 bits per heavy atom. The summed E-state index contributed by atoms with van der Waals surface area (Å²) in [5, 5.41) is 8.26. The zero-order valence-corrected chi connectivity index (χ0v) is 14.4. The highest BCUT2D eigenvalue weighted by Gasteiger charge is 2.18. The van der Waals surface area contributed by atoms with Crippen LogP contribution >= 0.6 is 0 Å². The minimum Gasteiger partial charge on any atom is -0.399 e. The summed E-state index contributed by atoms with van der Waals surface area (Å²) in [4.78, 5) is 35.7. The lowest BCUT2D eigenvalue weighted by atomic mass is 10.1. The molecule has 3 amide bonds. The van der Waals surface area contributed by atoms with E-state index >= 15 is 0 Å². The van der Waals surface area contributed by atoms with Gasteiger partial charge in [0.15, 0.2) is 0 Å². The van der Waals surface area contributed by atoms with Gasteiger partial charge >= 0.3 is 0 Å². The molecule has 0 spiro atoms. The van der Waals surface area contributed by atoms with Crippen LogP contribution in [-0.4, -0.2) is 36.3 Å². The molecule has 0 heterocycles. The van der Waals surface area contributed by atoms with Crippen molar-refractivity contribution in [1.29, 1.82) is 0 Å². The largest absolute Gasteiger partial charge is 0.399 e. The van der Waals surface area contributed by atoms with Crippen LogP contribution in [0, 0.1) is 0 Å². The standard InChI is InChI=1S/C17H26N4O3/c1-4-15(22)19-10-14(9-16(23)20-11(2)3)21-17(24)12-5-7-13(18)8-6-12/h5-8,11,14H,4,9-10,18H2,1-3H3,(H,19,22)(H,20,23)(H,21,24)/t14-/m0/s1. The molecule has 1 rings (SSSR count). The van der Waals surface area contributed by atoms with Gasteiger partial charge in [-0.2, -0.15) is 0 Å². The fourth-order valence-corrected chi connectivity index (χ4v) is 2.04. The zero-order chi connectivity index (χ0) is 18.1. The first-order valence-corrected chi connectivity index (χ1v) is 8.04. The lowest BCUT2D eigenvalue weighted by Crippen LogP contribution is -2.46. The summed E-state index contributed by atoms with van der Waals surface area (Å²) in [5.41, 5.74) is 6.61. The Morgan fingerprint density at radius 1 is 1.04 bits per heavy atom. The molecule has 0 bridgehead atoms. The average Bonchev–Trinajstić information content (AvgIpc) is 2.51. The molecule has 1 aromatic rings. The van der Waals surface area contributed by atoms with Crippen LogP contribution in [0.5, 0.6) is 0 Å². The lowest BCUT2D eigenvalue weighted by Gasteiger charge is -2.20. The number of nitrogens with one attached hydrogen (secondary N) is 3. The second-order valence-electron chi connectivity index (χ2n) is 5.88. The van der Waals surface area contributed by atoms with E-state index in [1.165, 1.54) is 0 Å². The van der Waals surface area contributed by atoms with Crippen molar-refractivity contribution in [1.82, 2.24) is 16.0 Å². The topological polar surface area (TPSA) is 113 Å². The monoisotopic (exact) mass is 334 g/mol. The molecule has 132 valence electrons. The van der Waals surface area contributed by atoms with Gasteiger partial charge in [-0.05, 0) is 38.1 Å². The van der Waals surface area contributed by atoms with Gasteiger partial charge in [0.1, 0.15) is 0 Å². The quantitative estimate of drug-likeness (QED) is 0.527. The third kappa shape index (κ3) is 7.13. The summed E-state index contributed by atoms with van der Waals surface area (Å²) < 4.78 is 0. The van der Waals surface area contributed by atoms with Crippen molar-refractivity contribution in [2.45, 2.75) is 45.7 Å². The molecule has 0 aromatic heterocycles. The summed E-state index contributed by atoms with van der Waals surface area (Å²) in [5.74, 6) is -0.632. The maximum atomic E-state index is 12.3. The predicted molar refractivity (Wildman–Crippen MR) is 93.3 cm³/mol. The van der Waals surface area contributed by atoms with Crippen LogP contribution in [0.15, 0.2) is 24.3 Å². The Hall–Kier alpha value is -2.57. The lowest BCUT2D eigenvalue weighted by molar-refractivity contribution is -0.123. The average molecular weight is 334 g/mol. The molecule has 24 heavy (non-hydrogen) atoms. The van der Waals surface area contributed by atoms with Crippen molar-refractivity contribution >= 4 is 23.4 Å². The van der Waals surface area contributed by atoms with E-state index in [2.05, 4.69) is 16.0 Å². The molecule has 0 aliphatic heterocycles. The van der Waals surface area contributed by atoms with E-state index in [1.807, 2.05) is 13.8 Å². The van der Waals surface area contributed by atoms with E-state index in [-0.39, 0.29) is 36.7 Å². The summed E-state index contributed by atoms with van der Waals surface area (Å²) >= 11 is 0. The van der Waals surface area contributed by atoms with Crippen molar-refractivity contribution in [3.05, 3.63) is 29.8 Å². The van der Waals surface area contributed by atoms with Gasteiger partial charge < -0.3 is 21.7 Å². The molecule has 0 saturated carbocycles. The first-order valence-electron chi connectivity index (χ1n) is 8.04. The smallest absolute Gasteiger partial charge is 0.251 e. The van der Waals surface area contributed by atoms with Crippen molar-refractivity contribution < 1.29 is 14.4 Å². The first kappa shape index (κ1) is 19.5. The first-order chi connectivity index (χ1) is 11.3. The maximum Gasteiger partial charge on any atom is 0.251 e. The number of nitrogens with two attached hydrogens (primary N) is 1. The zero-order valence-electron chi connectivity index (χ0n) is 14.4. The van der Waals surface area contributed by atoms with Gasteiger partial charge in [-0.15, -0.1) is 0 Å². The molecule has 7 heteroatoms.